The normalized spacial score (nSPS) is 12.6. The van der Waals surface area contributed by atoms with Crippen LogP contribution in [0.3, 0.4) is 0 Å². The minimum absolute atomic E-state index is 0.333. The first-order valence-electron chi connectivity index (χ1n) is 5.76. The van der Waals surface area contributed by atoms with Crippen LogP contribution in [0.1, 0.15) is 24.4 Å². The van der Waals surface area contributed by atoms with E-state index in [0.717, 1.165) is 5.82 Å². The van der Waals surface area contributed by atoms with Crippen LogP contribution < -0.4 is 23.2 Å². The monoisotopic (exact) mass is 301 g/mol. The number of hydrogen-bond donors (Lipinski definition) is 0. The SMILES string of the molecule is Cc1nn(C)c[n+]1[C@H](C)c1ccccc1.[O-][Cl+3]([O-])([O-])[O-]. The summed E-state index contributed by atoms with van der Waals surface area (Å²) in [4.78, 5) is 0. The summed E-state index contributed by atoms with van der Waals surface area (Å²) >= 11 is 0. The first kappa shape index (κ1) is 16.5. The molecule has 0 unspecified atom stereocenters. The molecule has 1 aromatic carbocycles. The fourth-order valence-electron chi connectivity index (χ4n) is 1.84. The molecule has 1 heterocycles. The van der Waals surface area contributed by atoms with Crippen LogP contribution >= 0.6 is 0 Å². The number of hydrogen-bond acceptors (Lipinski definition) is 5. The van der Waals surface area contributed by atoms with Crippen LogP contribution in [0.15, 0.2) is 36.7 Å². The largest absolute Gasteiger partial charge is 0.274 e. The standard InChI is InChI=1S/C12H16N3.ClHO4/c1-10(12-7-5-4-6-8-12)15-9-14(3)13-11(15)2;2-1(3,4)5/h4-10H,1-3H3;(H,2,3,4,5)/q+1;/p-1/t10-;/m1./s1. The smallest absolute Gasteiger partial charge is 0.228 e. The van der Waals surface area contributed by atoms with Crippen molar-refractivity contribution in [2.45, 2.75) is 19.9 Å². The summed E-state index contributed by atoms with van der Waals surface area (Å²) in [5.74, 6) is 1.04. The molecule has 0 fully saturated rings. The van der Waals surface area contributed by atoms with Gasteiger partial charge in [-0.15, -0.1) is 14.9 Å². The highest BCUT2D eigenvalue weighted by Gasteiger charge is 2.17. The Morgan fingerprint density at radius 3 is 2.05 bits per heavy atom. The quantitative estimate of drug-likeness (QED) is 0.544. The molecule has 7 nitrogen and oxygen atoms in total. The summed E-state index contributed by atoms with van der Waals surface area (Å²) in [6.45, 7) is 4.21. The zero-order chi connectivity index (χ0) is 15.3. The van der Waals surface area contributed by atoms with Crippen LogP contribution in [0, 0.1) is 17.2 Å². The van der Waals surface area contributed by atoms with E-state index in [1.165, 1.54) is 5.56 Å². The molecule has 0 aliphatic carbocycles. The van der Waals surface area contributed by atoms with E-state index in [9.17, 15) is 0 Å². The molecule has 1 atom stereocenters. The van der Waals surface area contributed by atoms with Crippen molar-refractivity contribution >= 4 is 0 Å². The molecule has 0 N–H and O–H groups in total. The Labute approximate surface area is 119 Å². The van der Waals surface area contributed by atoms with E-state index in [1.54, 1.807) is 0 Å². The zero-order valence-electron chi connectivity index (χ0n) is 11.4. The lowest BCUT2D eigenvalue weighted by Gasteiger charge is -2.17. The molecule has 0 saturated heterocycles. The maximum Gasteiger partial charge on any atom is 0.274 e. The van der Waals surface area contributed by atoms with Gasteiger partial charge in [0.2, 0.25) is 6.33 Å². The molecule has 8 heteroatoms. The van der Waals surface area contributed by atoms with Crippen molar-refractivity contribution in [1.29, 1.82) is 0 Å². The zero-order valence-corrected chi connectivity index (χ0v) is 12.1. The van der Waals surface area contributed by atoms with E-state index >= 15 is 0 Å². The molecule has 0 bridgehead atoms. The fourth-order valence-corrected chi connectivity index (χ4v) is 1.84. The van der Waals surface area contributed by atoms with E-state index in [2.05, 4.69) is 40.9 Å². The molecular weight excluding hydrogens is 286 g/mol. The summed E-state index contributed by atoms with van der Waals surface area (Å²) < 4.78 is 38.0. The van der Waals surface area contributed by atoms with E-state index in [4.69, 9.17) is 18.6 Å². The second-order valence-corrected chi connectivity index (χ2v) is 4.96. The van der Waals surface area contributed by atoms with E-state index in [1.807, 2.05) is 31.0 Å². The Morgan fingerprint density at radius 2 is 1.65 bits per heavy atom. The molecule has 1 aromatic heterocycles. The molecular formula is C12H16ClN3O4. The average molecular weight is 302 g/mol. The lowest BCUT2D eigenvalue weighted by molar-refractivity contribution is -2.00. The van der Waals surface area contributed by atoms with Gasteiger partial charge in [0.1, 0.15) is 6.04 Å². The molecule has 2 aromatic rings. The molecule has 0 amide bonds. The molecule has 0 spiro atoms. The van der Waals surface area contributed by atoms with Gasteiger partial charge in [-0.1, -0.05) is 30.3 Å². The Kier molecular flexibility index (Phi) is 5.61. The van der Waals surface area contributed by atoms with Gasteiger partial charge in [-0.3, -0.25) is 0 Å². The topological polar surface area (TPSA) is 114 Å². The van der Waals surface area contributed by atoms with Crippen molar-refractivity contribution in [3.8, 4) is 0 Å². The second-order valence-electron chi connectivity index (χ2n) is 4.21. The van der Waals surface area contributed by atoms with Gasteiger partial charge in [0.05, 0.1) is 7.05 Å². The van der Waals surface area contributed by atoms with Crippen LogP contribution in [-0.2, 0) is 7.05 Å². The number of nitrogens with zero attached hydrogens (tertiary/aromatic N) is 3. The number of aryl methyl sites for hydroxylation is 2. The van der Waals surface area contributed by atoms with Crippen LogP contribution in [0.4, 0.5) is 0 Å². The Morgan fingerprint density at radius 1 is 1.15 bits per heavy atom. The molecule has 2 rings (SSSR count). The van der Waals surface area contributed by atoms with Gasteiger partial charge in [-0.05, 0) is 12.5 Å². The average Bonchev–Trinajstić information content (AvgIpc) is 2.66. The van der Waals surface area contributed by atoms with Gasteiger partial charge in [-0.25, -0.2) is 23.2 Å². The Balaban J connectivity index is 0.000000347. The predicted octanol–water partition coefficient (Wildman–Crippen LogP) is -3.13. The first-order chi connectivity index (χ1) is 9.18. The minimum atomic E-state index is -4.94. The molecule has 20 heavy (non-hydrogen) atoms. The third kappa shape index (κ3) is 5.64. The summed E-state index contributed by atoms with van der Waals surface area (Å²) in [6.07, 6.45) is 2.02. The van der Waals surface area contributed by atoms with Crippen molar-refractivity contribution in [3.05, 3.63) is 48.0 Å². The number of halogens is 1. The highest BCUT2D eigenvalue weighted by Crippen LogP contribution is 2.10. The number of aromatic nitrogens is 3. The van der Waals surface area contributed by atoms with Gasteiger partial charge < -0.3 is 0 Å². The van der Waals surface area contributed by atoms with Gasteiger partial charge in [-0.2, -0.15) is 0 Å². The van der Waals surface area contributed by atoms with Crippen molar-refractivity contribution in [2.75, 3.05) is 0 Å². The maximum atomic E-state index is 8.49. The Hall–Kier alpha value is -1.51. The van der Waals surface area contributed by atoms with Crippen molar-refractivity contribution < 1.29 is 33.4 Å². The van der Waals surface area contributed by atoms with E-state index in [0.29, 0.717) is 6.04 Å². The number of rotatable bonds is 2. The van der Waals surface area contributed by atoms with Gasteiger partial charge in [0.25, 0.3) is 5.82 Å². The van der Waals surface area contributed by atoms with Gasteiger partial charge >= 0.3 is 0 Å². The molecule has 0 saturated carbocycles. The third-order valence-corrected chi connectivity index (χ3v) is 2.67. The minimum Gasteiger partial charge on any atom is -0.228 e. The highest BCUT2D eigenvalue weighted by molar-refractivity contribution is 5.16. The van der Waals surface area contributed by atoms with E-state index in [-0.39, 0.29) is 0 Å². The van der Waals surface area contributed by atoms with Crippen LogP contribution in [-0.4, -0.2) is 9.78 Å². The fraction of sp³-hybridized carbons (Fsp3) is 0.333. The molecule has 0 aliphatic rings. The van der Waals surface area contributed by atoms with Crippen molar-refractivity contribution in [2.24, 2.45) is 7.05 Å². The summed E-state index contributed by atoms with van der Waals surface area (Å²) in [5.41, 5.74) is 1.30. The lowest BCUT2D eigenvalue weighted by Crippen LogP contribution is -2.68. The van der Waals surface area contributed by atoms with Crippen molar-refractivity contribution in [1.82, 2.24) is 9.78 Å². The predicted molar refractivity (Wildman–Crippen MR) is 58.4 cm³/mol. The number of benzene rings is 1. The summed E-state index contributed by atoms with van der Waals surface area (Å²) in [6, 6.07) is 10.8. The molecule has 0 aliphatic heterocycles. The molecule has 0 radical (unpaired) electrons. The second kappa shape index (κ2) is 6.78. The highest BCUT2D eigenvalue weighted by atomic mass is 35.7. The van der Waals surface area contributed by atoms with Crippen LogP contribution in [0.25, 0.3) is 0 Å². The first-order valence-corrected chi connectivity index (χ1v) is 7.00. The maximum absolute atomic E-state index is 8.49. The summed E-state index contributed by atoms with van der Waals surface area (Å²) in [5, 5.41) is 4.34. The van der Waals surface area contributed by atoms with Crippen molar-refractivity contribution in [3.63, 3.8) is 0 Å². The van der Waals surface area contributed by atoms with Crippen LogP contribution in [0.5, 0.6) is 0 Å². The van der Waals surface area contributed by atoms with Gasteiger partial charge in [0, 0.05) is 12.0 Å². The van der Waals surface area contributed by atoms with E-state index < -0.39 is 10.2 Å². The summed E-state index contributed by atoms with van der Waals surface area (Å²) in [7, 11) is -3.00. The third-order valence-electron chi connectivity index (χ3n) is 2.67. The molecule has 110 valence electrons. The van der Waals surface area contributed by atoms with Crippen LogP contribution in [0.2, 0.25) is 0 Å². The lowest BCUT2D eigenvalue weighted by atomic mass is 10.1. The Bertz CT molecular complexity index is 533. The van der Waals surface area contributed by atoms with Gasteiger partial charge in [0.15, 0.2) is 0 Å².